The molecule has 0 radical (unpaired) electrons. The van der Waals surface area contributed by atoms with Gasteiger partial charge in [0.1, 0.15) is 0 Å². The van der Waals surface area contributed by atoms with Gasteiger partial charge in [-0.1, -0.05) is 0 Å². The minimum atomic E-state index is -1.75. The smallest absolute Gasteiger partial charge is 0.340 e. The van der Waals surface area contributed by atoms with Crippen LogP contribution in [0.5, 0.6) is 6.01 Å². The van der Waals surface area contributed by atoms with Gasteiger partial charge >= 0.3 is 3.98 Å². The first kappa shape index (κ1) is 7.98. The monoisotopic (exact) mass is 200 g/mol. The molecular formula is C4H3Cl3N2O. The first-order valence-corrected chi connectivity index (χ1v) is 3.46. The fourth-order valence-corrected chi connectivity index (χ4v) is 0.635. The Morgan fingerprint density at radius 1 is 1.50 bits per heavy atom. The molecule has 1 N–H and O–H groups in total. The van der Waals surface area contributed by atoms with Gasteiger partial charge in [0.25, 0.3) is 6.01 Å². The molecular weight excluding hydrogens is 198 g/mol. The highest BCUT2D eigenvalue weighted by atomic mass is 35.6. The summed E-state index contributed by atoms with van der Waals surface area (Å²) in [7, 11) is 0. The molecule has 0 aliphatic rings. The van der Waals surface area contributed by atoms with E-state index >= 15 is 0 Å². The van der Waals surface area contributed by atoms with Crippen LogP contribution in [0.3, 0.4) is 0 Å². The molecule has 1 heterocycles. The minimum Gasteiger partial charge on any atom is -0.414 e. The van der Waals surface area contributed by atoms with Crippen molar-refractivity contribution in [2.24, 2.45) is 0 Å². The molecule has 3 nitrogen and oxygen atoms in total. The minimum absolute atomic E-state index is 0.181. The zero-order valence-corrected chi connectivity index (χ0v) is 6.91. The van der Waals surface area contributed by atoms with Crippen molar-refractivity contribution in [3.63, 3.8) is 0 Å². The van der Waals surface area contributed by atoms with E-state index in [-0.39, 0.29) is 6.01 Å². The zero-order chi connectivity index (χ0) is 7.61. The fourth-order valence-electron chi connectivity index (χ4n) is 0.416. The molecule has 1 aromatic heterocycles. The lowest BCUT2D eigenvalue weighted by molar-refractivity contribution is 0.297. The Bertz CT molecular complexity index is 193. The van der Waals surface area contributed by atoms with E-state index in [1.807, 2.05) is 0 Å². The highest BCUT2D eigenvalue weighted by molar-refractivity contribution is 6.66. The number of hydrogen-bond acceptors (Lipinski definition) is 2. The number of nitrogens with zero attached hydrogens (tertiary/aromatic N) is 1. The zero-order valence-electron chi connectivity index (χ0n) is 4.64. The Hall–Kier alpha value is -0.120. The van der Waals surface area contributed by atoms with E-state index in [1.165, 1.54) is 6.20 Å². The number of aromatic nitrogens is 2. The summed E-state index contributed by atoms with van der Waals surface area (Å²) in [4.78, 5) is 6.28. The van der Waals surface area contributed by atoms with Crippen molar-refractivity contribution in [3.05, 3.63) is 12.4 Å². The first-order valence-electron chi connectivity index (χ1n) is 2.33. The van der Waals surface area contributed by atoms with Gasteiger partial charge in [0.05, 0.1) is 0 Å². The molecule has 6 heteroatoms. The van der Waals surface area contributed by atoms with Gasteiger partial charge in [-0.25, -0.2) is 4.98 Å². The second kappa shape index (κ2) is 2.86. The molecule has 1 aromatic rings. The third-order valence-corrected chi connectivity index (χ3v) is 0.917. The van der Waals surface area contributed by atoms with Gasteiger partial charge in [-0.2, -0.15) is 0 Å². The van der Waals surface area contributed by atoms with Crippen LogP contribution in [0.15, 0.2) is 12.4 Å². The molecule has 0 fully saturated rings. The van der Waals surface area contributed by atoms with Crippen LogP contribution in [0.25, 0.3) is 0 Å². The maximum atomic E-state index is 5.27. The standard InChI is InChI=1S/C4H3Cl3N2O/c5-4(6,7)10-3-8-1-2-9-3/h1-2H,(H,8,9). The molecule has 0 unspecified atom stereocenters. The molecule has 0 atom stereocenters. The quantitative estimate of drug-likeness (QED) is 0.707. The fraction of sp³-hybridized carbons (Fsp3) is 0.250. The lowest BCUT2D eigenvalue weighted by Gasteiger charge is -2.09. The molecule has 0 spiro atoms. The van der Waals surface area contributed by atoms with Crippen LogP contribution in [0.1, 0.15) is 0 Å². The number of ether oxygens (including phenoxy) is 1. The van der Waals surface area contributed by atoms with E-state index in [2.05, 4.69) is 14.7 Å². The average molecular weight is 201 g/mol. The van der Waals surface area contributed by atoms with Gasteiger partial charge in [-0.3, -0.25) is 0 Å². The van der Waals surface area contributed by atoms with Crippen molar-refractivity contribution >= 4 is 34.8 Å². The number of rotatable bonds is 1. The number of hydrogen-bond donors (Lipinski definition) is 1. The van der Waals surface area contributed by atoms with Gasteiger partial charge in [0, 0.05) is 12.4 Å². The lowest BCUT2D eigenvalue weighted by Crippen LogP contribution is -2.13. The van der Waals surface area contributed by atoms with Crippen molar-refractivity contribution in [1.82, 2.24) is 9.97 Å². The molecule has 0 aliphatic carbocycles. The lowest BCUT2D eigenvalue weighted by atomic mass is 11.0. The Balaban J connectivity index is 2.57. The van der Waals surface area contributed by atoms with Gasteiger partial charge in [0.2, 0.25) is 0 Å². The summed E-state index contributed by atoms with van der Waals surface area (Å²) in [5.74, 6) is 0. The van der Waals surface area contributed by atoms with Crippen molar-refractivity contribution in [2.45, 2.75) is 3.98 Å². The van der Waals surface area contributed by atoms with Crippen LogP contribution in [-0.4, -0.2) is 13.9 Å². The second-order valence-electron chi connectivity index (χ2n) is 1.44. The van der Waals surface area contributed by atoms with Crippen LogP contribution >= 0.6 is 34.8 Å². The Morgan fingerprint density at radius 2 is 2.20 bits per heavy atom. The van der Waals surface area contributed by atoms with E-state index in [0.717, 1.165) is 0 Å². The SMILES string of the molecule is ClC(Cl)(Cl)Oc1ncc[nH]1. The summed E-state index contributed by atoms with van der Waals surface area (Å²) < 4.78 is 2.92. The maximum absolute atomic E-state index is 5.27. The molecule has 0 bridgehead atoms. The van der Waals surface area contributed by atoms with Gasteiger partial charge < -0.3 is 9.72 Å². The first-order chi connectivity index (χ1) is 4.58. The van der Waals surface area contributed by atoms with E-state index in [0.29, 0.717) is 0 Å². The summed E-state index contributed by atoms with van der Waals surface area (Å²) in [5, 5.41) is 0. The Kier molecular flexibility index (Phi) is 2.28. The van der Waals surface area contributed by atoms with Gasteiger partial charge in [-0.05, 0) is 34.8 Å². The number of nitrogens with one attached hydrogen (secondary N) is 1. The van der Waals surface area contributed by atoms with Gasteiger partial charge in [-0.15, -0.1) is 0 Å². The molecule has 0 aromatic carbocycles. The molecule has 56 valence electrons. The summed E-state index contributed by atoms with van der Waals surface area (Å²) in [6, 6.07) is 0.181. The van der Waals surface area contributed by atoms with E-state index < -0.39 is 3.98 Å². The molecule has 1 rings (SSSR count). The summed E-state index contributed by atoms with van der Waals surface area (Å²) in [6.07, 6.45) is 3.05. The van der Waals surface area contributed by atoms with Crippen LogP contribution < -0.4 is 4.74 Å². The van der Waals surface area contributed by atoms with Crippen LogP contribution in [0.4, 0.5) is 0 Å². The highest BCUT2D eigenvalue weighted by Gasteiger charge is 2.22. The predicted molar refractivity (Wildman–Crippen MR) is 39.5 cm³/mol. The molecule has 0 saturated carbocycles. The normalized spacial score (nSPS) is 11.5. The number of halogens is 3. The van der Waals surface area contributed by atoms with Crippen LogP contribution in [-0.2, 0) is 0 Å². The third kappa shape index (κ3) is 2.64. The molecule has 10 heavy (non-hydrogen) atoms. The predicted octanol–water partition coefficient (Wildman–Crippen LogP) is 2.12. The summed E-state index contributed by atoms with van der Waals surface area (Å²) in [5.41, 5.74) is 0. The van der Waals surface area contributed by atoms with Crippen molar-refractivity contribution in [1.29, 1.82) is 0 Å². The van der Waals surface area contributed by atoms with E-state index in [4.69, 9.17) is 34.8 Å². The van der Waals surface area contributed by atoms with Crippen molar-refractivity contribution in [2.75, 3.05) is 0 Å². The van der Waals surface area contributed by atoms with E-state index in [9.17, 15) is 0 Å². The van der Waals surface area contributed by atoms with E-state index in [1.54, 1.807) is 6.20 Å². The molecule has 0 amide bonds. The molecule has 0 saturated heterocycles. The third-order valence-electron chi connectivity index (χ3n) is 0.686. The molecule has 0 aliphatic heterocycles. The number of H-pyrrole nitrogens is 1. The number of alkyl halides is 3. The summed E-state index contributed by atoms with van der Waals surface area (Å²) in [6.45, 7) is 0. The van der Waals surface area contributed by atoms with Crippen molar-refractivity contribution < 1.29 is 4.74 Å². The Morgan fingerprint density at radius 3 is 2.60 bits per heavy atom. The van der Waals surface area contributed by atoms with Crippen LogP contribution in [0, 0.1) is 0 Å². The Labute approximate surface area is 72.2 Å². The highest BCUT2D eigenvalue weighted by Crippen LogP contribution is 2.27. The van der Waals surface area contributed by atoms with Crippen molar-refractivity contribution in [3.8, 4) is 6.01 Å². The number of aromatic amines is 1. The number of imidazole rings is 1. The topological polar surface area (TPSA) is 37.9 Å². The summed E-state index contributed by atoms with van der Waals surface area (Å²) >= 11 is 15.8. The largest absolute Gasteiger partial charge is 0.414 e. The maximum Gasteiger partial charge on any atom is 0.340 e. The van der Waals surface area contributed by atoms with Gasteiger partial charge in [0.15, 0.2) is 0 Å². The average Bonchev–Trinajstić information content (AvgIpc) is 2.12. The second-order valence-corrected chi connectivity index (χ2v) is 3.62. The van der Waals surface area contributed by atoms with Crippen LogP contribution in [0.2, 0.25) is 0 Å².